The highest BCUT2D eigenvalue weighted by atomic mass is 35.5. The van der Waals surface area contributed by atoms with Crippen molar-refractivity contribution in [2.24, 2.45) is 0 Å². The molecule has 0 aliphatic heterocycles. The standard InChI is InChI=1S/C24H21ClN4O2/c1-15-12-13-20(16(2)14-15)26-24(30)27-21(17-8-4-3-5-9-17)23-29-28-22(31-23)18-10-6-7-11-19(18)25/h3-14,21H,1-2H3,(H2,26,27,30). The predicted molar refractivity (Wildman–Crippen MR) is 121 cm³/mol. The van der Waals surface area contributed by atoms with Crippen LogP contribution in [-0.4, -0.2) is 16.2 Å². The van der Waals surface area contributed by atoms with Crippen LogP contribution in [0, 0.1) is 13.8 Å². The fourth-order valence-electron chi connectivity index (χ4n) is 3.27. The molecular weight excluding hydrogens is 412 g/mol. The first-order valence-electron chi connectivity index (χ1n) is 9.79. The lowest BCUT2D eigenvalue weighted by molar-refractivity contribution is 0.248. The van der Waals surface area contributed by atoms with Crippen LogP contribution in [0.15, 0.2) is 77.2 Å². The number of amides is 2. The molecule has 0 radical (unpaired) electrons. The van der Waals surface area contributed by atoms with E-state index in [0.717, 1.165) is 22.4 Å². The molecule has 1 unspecified atom stereocenters. The summed E-state index contributed by atoms with van der Waals surface area (Å²) in [6, 6.07) is 21.5. The molecule has 7 heteroatoms. The molecular formula is C24H21ClN4O2. The van der Waals surface area contributed by atoms with E-state index < -0.39 is 6.04 Å². The summed E-state index contributed by atoms with van der Waals surface area (Å²) in [6.07, 6.45) is 0. The lowest BCUT2D eigenvalue weighted by atomic mass is 10.1. The second-order valence-corrected chi connectivity index (χ2v) is 7.59. The number of urea groups is 1. The number of hydrogen-bond donors (Lipinski definition) is 2. The average molecular weight is 433 g/mol. The number of hydrogen-bond acceptors (Lipinski definition) is 4. The van der Waals surface area contributed by atoms with Crippen LogP contribution in [0.1, 0.15) is 28.6 Å². The van der Waals surface area contributed by atoms with Crippen molar-refractivity contribution in [3.63, 3.8) is 0 Å². The normalized spacial score (nSPS) is 11.7. The van der Waals surface area contributed by atoms with Gasteiger partial charge >= 0.3 is 6.03 Å². The number of nitrogens with zero attached hydrogens (tertiary/aromatic N) is 2. The maximum Gasteiger partial charge on any atom is 0.320 e. The van der Waals surface area contributed by atoms with Crippen molar-refractivity contribution in [2.75, 3.05) is 5.32 Å². The Morgan fingerprint density at radius 2 is 1.71 bits per heavy atom. The number of carbonyl (C=O) groups excluding carboxylic acids is 1. The molecule has 0 spiro atoms. The van der Waals surface area contributed by atoms with Crippen molar-refractivity contribution in [1.29, 1.82) is 0 Å². The lowest BCUT2D eigenvalue weighted by Crippen LogP contribution is -2.33. The van der Waals surface area contributed by atoms with E-state index in [1.165, 1.54) is 0 Å². The third-order valence-corrected chi connectivity index (χ3v) is 5.16. The molecule has 4 rings (SSSR count). The van der Waals surface area contributed by atoms with Crippen molar-refractivity contribution in [2.45, 2.75) is 19.9 Å². The van der Waals surface area contributed by atoms with Crippen molar-refractivity contribution in [3.8, 4) is 11.5 Å². The fraction of sp³-hybridized carbons (Fsp3) is 0.125. The Morgan fingerprint density at radius 3 is 2.45 bits per heavy atom. The zero-order chi connectivity index (χ0) is 21.8. The van der Waals surface area contributed by atoms with Crippen LogP contribution in [0.2, 0.25) is 5.02 Å². The number of aryl methyl sites for hydroxylation is 2. The largest absolute Gasteiger partial charge is 0.418 e. The molecule has 1 aromatic heterocycles. The van der Waals surface area contributed by atoms with Gasteiger partial charge in [0.2, 0.25) is 11.8 Å². The van der Waals surface area contributed by atoms with Crippen LogP contribution in [0.25, 0.3) is 11.5 Å². The Morgan fingerprint density at radius 1 is 0.968 bits per heavy atom. The van der Waals surface area contributed by atoms with E-state index in [4.69, 9.17) is 16.0 Å². The van der Waals surface area contributed by atoms with Gasteiger partial charge in [-0.25, -0.2) is 4.79 Å². The Kier molecular flexibility index (Phi) is 6.00. The van der Waals surface area contributed by atoms with Gasteiger partial charge < -0.3 is 15.1 Å². The monoisotopic (exact) mass is 432 g/mol. The van der Waals surface area contributed by atoms with E-state index in [1.54, 1.807) is 12.1 Å². The van der Waals surface area contributed by atoms with E-state index in [9.17, 15) is 4.79 Å². The molecule has 0 aliphatic rings. The van der Waals surface area contributed by atoms with Crippen molar-refractivity contribution >= 4 is 23.3 Å². The summed E-state index contributed by atoms with van der Waals surface area (Å²) in [5.41, 5.74) is 4.29. The van der Waals surface area contributed by atoms with Crippen LogP contribution in [0.4, 0.5) is 10.5 Å². The van der Waals surface area contributed by atoms with E-state index in [0.29, 0.717) is 10.6 Å². The lowest BCUT2D eigenvalue weighted by Gasteiger charge is -2.17. The van der Waals surface area contributed by atoms with E-state index in [2.05, 4.69) is 20.8 Å². The van der Waals surface area contributed by atoms with Crippen LogP contribution < -0.4 is 10.6 Å². The van der Waals surface area contributed by atoms with Crippen molar-refractivity contribution < 1.29 is 9.21 Å². The number of carbonyl (C=O) groups is 1. The molecule has 1 atom stereocenters. The van der Waals surface area contributed by atoms with Gasteiger partial charge in [0.15, 0.2) is 0 Å². The molecule has 31 heavy (non-hydrogen) atoms. The first kappa shape index (κ1) is 20.6. The minimum atomic E-state index is -0.629. The SMILES string of the molecule is Cc1ccc(NC(=O)NC(c2ccccc2)c2nnc(-c3ccccc3Cl)o2)c(C)c1. The summed E-state index contributed by atoms with van der Waals surface area (Å²) in [5, 5.41) is 14.7. The molecule has 0 aliphatic carbocycles. The number of aromatic nitrogens is 2. The van der Waals surface area contributed by atoms with E-state index >= 15 is 0 Å². The molecule has 0 fully saturated rings. The van der Waals surface area contributed by atoms with Gasteiger partial charge in [-0.05, 0) is 43.2 Å². The Bertz CT molecular complexity index is 1210. The Balaban J connectivity index is 1.61. The number of rotatable bonds is 5. The average Bonchev–Trinajstić information content (AvgIpc) is 3.25. The van der Waals surface area contributed by atoms with Gasteiger partial charge in [-0.1, -0.05) is 71.8 Å². The molecule has 3 aromatic carbocycles. The van der Waals surface area contributed by atoms with Gasteiger partial charge in [-0.15, -0.1) is 10.2 Å². The summed E-state index contributed by atoms with van der Waals surface area (Å²) in [5.74, 6) is 0.551. The number of benzene rings is 3. The Labute approximate surface area is 185 Å². The first-order valence-corrected chi connectivity index (χ1v) is 10.2. The fourth-order valence-corrected chi connectivity index (χ4v) is 3.49. The second-order valence-electron chi connectivity index (χ2n) is 7.19. The molecule has 2 amide bonds. The molecule has 0 saturated carbocycles. The van der Waals surface area contributed by atoms with E-state index in [-0.39, 0.29) is 17.8 Å². The van der Waals surface area contributed by atoms with Gasteiger partial charge in [0.1, 0.15) is 6.04 Å². The smallest absolute Gasteiger partial charge is 0.320 e. The summed E-state index contributed by atoms with van der Waals surface area (Å²) in [7, 11) is 0. The summed E-state index contributed by atoms with van der Waals surface area (Å²) in [6.45, 7) is 3.96. The molecule has 1 heterocycles. The Hall–Kier alpha value is -3.64. The highest BCUT2D eigenvalue weighted by Gasteiger charge is 2.24. The second kappa shape index (κ2) is 9.02. The minimum absolute atomic E-state index is 0.261. The molecule has 6 nitrogen and oxygen atoms in total. The predicted octanol–water partition coefficient (Wildman–Crippen LogP) is 5.92. The third kappa shape index (κ3) is 4.75. The maximum atomic E-state index is 12.8. The van der Waals surface area contributed by atoms with Gasteiger partial charge in [0.05, 0.1) is 10.6 Å². The highest BCUT2D eigenvalue weighted by Crippen LogP contribution is 2.29. The minimum Gasteiger partial charge on any atom is -0.418 e. The summed E-state index contributed by atoms with van der Waals surface area (Å²) in [4.78, 5) is 12.8. The van der Waals surface area contributed by atoms with Crippen molar-refractivity contribution in [3.05, 3.63) is 100 Å². The number of halogens is 1. The van der Waals surface area contributed by atoms with Crippen LogP contribution in [0.5, 0.6) is 0 Å². The number of anilines is 1. The van der Waals surface area contributed by atoms with Gasteiger partial charge in [-0.2, -0.15) is 0 Å². The molecule has 156 valence electrons. The summed E-state index contributed by atoms with van der Waals surface area (Å²) >= 11 is 6.26. The van der Waals surface area contributed by atoms with Crippen molar-refractivity contribution in [1.82, 2.24) is 15.5 Å². The topological polar surface area (TPSA) is 80.0 Å². The van der Waals surface area contributed by atoms with Crippen LogP contribution in [-0.2, 0) is 0 Å². The van der Waals surface area contributed by atoms with Gasteiger partial charge in [0, 0.05) is 5.69 Å². The first-order chi connectivity index (χ1) is 15.0. The molecule has 4 aromatic rings. The van der Waals surface area contributed by atoms with E-state index in [1.807, 2.05) is 74.5 Å². The number of nitrogens with one attached hydrogen (secondary N) is 2. The zero-order valence-corrected chi connectivity index (χ0v) is 17.9. The molecule has 2 N–H and O–H groups in total. The third-order valence-electron chi connectivity index (χ3n) is 4.83. The van der Waals surface area contributed by atoms with Gasteiger partial charge in [0.25, 0.3) is 0 Å². The van der Waals surface area contributed by atoms with Crippen LogP contribution in [0.3, 0.4) is 0 Å². The quantitative estimate of drug-likeness (QED) is 0.410. The molecule has 0 saturated heterocycles. The summed E-state index contributed by atoms with van der Waals surface area (Å²) < 4.78 is 5.91. The maximum absolute atomic E-state index is 12.8. The highest BCUT2D eigenvalue weighted by molar-refractivity contribution is 6.33. The zero-order valence-electron chi connectivity index (χ0n) is 17.1. The molecule has 0 bridgehead atoms. The van der Waals surface area contributed by atoms with Crippen LogP contribution >= 0.6 is 11.6 Å². The van der Waals surface area contributed by atoms with Gasteiger partial charge in [-0.3, -0.25) is 0 Å².